The van der Waals surface area contributed by atoms with E-state index in [9.17, 15) is 8.78 Å². The van der Waals surface area contributed by atoms with Gasteiger partial charge in [-0.25, -0.2) is 13.8 Å². The van der Waals surface area contributed by atoms with Crippen LogP contribution in [0.3, 0.4) is 0 Å². The highest BCUT2D eigenvalue weighted by molar-refractivity contribution is 6.05. The summed E-state index contributed by atoms with van der Waals surface area (Å²) in [7, 11) is 1.32. The lowest BCUT2D eigenvalue weighted by Gasteiger charge is -2.45. The standard InChI is InChI=1S/C15H19F2N5O/c1-23-12-8-11(9(16)7-10(12)17)22-14(19)20-13(18)21-15(22)5-3-2-4-6-15/h7-8H,2-6H2,1H3,(H4,18,19,20,21). The van der Waals surface area contributed by atoms with E-state index in [0.717, 1.165) is 25.3 Å². The second kappa shape index (κ2) is 5.68. The van der Waals surface area contributed by atoms with Crippen LogP contribution < -0.4 is 21.1 Å². The maximum atomic E-state index is 14.4. The molecular formula is C15H19F2N5O. The first kappa shape index (κ1) is 15.5. The lowest BCUT2D eigenvalue weighted by Crippen LogP contribution is -2.58. The van der Waals surface area contributed by atoms with E-state index in [2.05, 4.69) is 9.98 Å². The maximum absolute atomic E-state index is 14.4. The molecule has 2 aliphatic rings. The first-order valence-corrected chi connectivity index (χ1v) is 7.49. The number of ether oxygens (including phenoxy) is 1. The molecule has 1 aliphatic carbocycles. The van der Waals surface area contributed by atoms with Crippen molar-refractivity contribution >= 4 is 17.6 Å². The van der Waals surface area contributed by atoms with Crippen molar-refractivity contribution in [1.82, 2.24) is 0 Å². The van der Waals surface area contributed by atoms with E-state index in [1.54, 1.807) is 0 Å². The zero-order valence-corrected chi connectivity index (χ0v) is 12.9. The van der Waals surface area contributed by atoms with Crippen molar-refractivity contribution in [1.29, 1.82) is 0 Å². The van der Waals surface area contributed by atoms with Crippen molar-refractivity contribution in [3.63, 3.8) is 0 Å². The zero-order valence-electron chi connectivity index (χ0n) is 12.9. The molecule has 0 radical (unpaired) electrons. The molecular weight excluding hydrogens is 304 g/mol. The maximum Gasteiger partial charge on any atom is 0.220 e. The first-order chi connectivity index (χ1) is 11.0. The van der Waals surface area contributed by atoms with Crippen molar-refractivity contribution < 1.29 is 13.5 Å². The second-order valence-electron chi connectivity index (χ2n) is 5.76. The van der Waals surface area contributed by atoms with Gasteiger partial charge in [0, 0.05) is 12.1 Å². The molecule has 0 bridgehead atoms. The van der Waals surface area contributed by atoms with Crippen LogP contribution >= 0.6 is 0 Å². The average molecular weight is 323 g/mol. The summed E-state index contributed by atoms with van der Waals surface area (Å²) in [5.41, 5.74) is 11.1. The molecule has 1 aromatic rings. The molecule has 0 atom stereocenters. The number of rotatable bonds is 2. The molecule has 4 N–H and O–H groups in total. The first-order valence-electron chi connectivity index (χ1n) is 7.49. The van der Waals surface area contributed by atoms with Gasteiger partial charge in [-0.3, -0.25) is 4.90 Å². The lowest BCUT2D eigenvalue weighted by atomic mass is 9.87. The molecule has 23 heavy (non-hydrogen) atoms. The molecule has 1 aliphatic heterocycles. The number of aliphatic imine (C=N–C) groups is 2. The Morgan fingerprint density at radius 3 is 2.48 bits per heavy atom. The van der Waals surface area contributed by atoms with Crippen LogP contribution in [0, 0.1) is 11.6 Å². The highest BCUT2D eigenvalue weighted by atomic mass is 19.1. The molecule has 6 nitrogen and oxygen atoms in total. The molecule has 1 saturated carbocycles. The van der Waals surface area contributed by atoms with Gasteiger partial charge in [0.1, 0.15) is 11.5 Å². The molecule has 1 aromatic carbocycles. The number of halogens is 2. The lowest BCUT2D eigenvalue weighted by molar-refractivity contribution is 0.303. The number of anilines is 1. The number of nitrogens with two attached hydrogens (primary N) is 2. The molecule has 0 amide bonds. The summed E-state index contributed by atoms with van der Waals surface area (Å²) >= 11 is 0. The number of benzene rings is 1. The molecule has 1 heterocycles. The summed E-state index contributed by atoms with van der Waals surface area (Å²) < 4.78 is 33.1. The fourth-order valence-corrected chi connectivity index (χ4v) is 3.32. The van der Waals surface area contributed by atoms with Crippen LogP contribution in [0.1, 0.15) is 32.1 Å². The van der Waals surface area contributed by atoms with E-state index in [1.165, 1.54) is 18.1 Å². The average Bonchev–Trinajstić information content (AvgIpc) is 2.49. The topological polar surface area (TPSA) is 89.2 Å². The SMILES string of the molecule is COc1cc(N2C(N)=NC(N)=NC23CCCCC3)c(F)cc1F. The summed E-state index contributed by atoms with van der Waals surface area (Å²) in [6.45, 7) is 0. The summed E-state index contributed by atoms with van der Waals surface area (Å²) in [5, 5.41) is 0. The Morgan fingerprint density at radius 2 is 1.83 bits per heavy atom. The van der Waals surface area contributed by atoms with Crippen molar-refractivity contribution in [3.05, 3.63) is 23.8 Å². The largest absolute Gasteiger partial charge is 0.494 e. The Bertz CT molecular complexity index is 683. The fourth-order valence-electron chi connectivity index (χ4n) is 3.32. The fraction of sp³-hybridized carbons (Fsp3) is 0.467. The van der Waals surface area contributed by atoms with Gasteiger partial charge < -0.3 is 16.2 Å². The summed E-state index contributed by atoms with van der Waals surface area (Å²) in [4.78, 5) is 9.92. The highest BCUT2D eigenvalue weighted by Crippen LogP contribution is 2.41. The van der Waals surface area contributed by atoms with Gasteiger partial charge in [0.25, 0.3) is 0 Å². The van der Waals surface area contributed by atoms with E-state index in [-0.39, 0.29) is 23.4 Å². The zero-order chi connectivity index (χ0) is 16.6. The third-order valence-corrected chi connectivity index (χ3v) is 4.31. The van der Waals surface area contributed by atoms with Gasteiger partial charge in [0.2, 0.25) is 11.9 Å². The van der Waals surface area contributed by atoms with Crippen LogP contribution in [0.5, 0.6) is 5.75 Å². The second-order valence-corrected chi connectivity index (χ2v) is 5.76. The Morgan fingerprint density at radius 1 is 1.13 bits per heavy atom. The van der Waals surface area contributed by atoms with Crippen LogP contribution in [-0.2, 0) is 0 Å². The third-order valence-electron chi connectivity index (χ3n) is 4.31. The van der Waals surface area contributed by atoms with Crippen molar-refractivity contribution in [2.75, 3.05) is 12.0 Å². The van der Waals surface area contributed by atoms with E-state index in [4.69, 9.17) is 16.2 Å². The Balaban J connectivity index is 2.14. The number of hydrogen-bond acceptors (Lipinski definition) is 6. The molecule has 0 saturated heterocycles. The van der Waals surface area contributed by atoms with E-state index >= 15 is 0 Å². The van der Waals surface area contributed by atoms with Crippen LogP contribution in [0.15, 0.2) is 22.1 Å². The van der Waals surface area contributed by atoms with Crippen LogP contribution in [0.25, 0.3) is 0 Å². The van der Waals surface area contributed by atoms with Gasteiger partial charge in [0.05, 0.1) is 12.8 Å². The van der Waals surface area contributed by atoms with Crippen molar-refractivity contribution in [2.45, 2.75) is 37.8 Å². The number of nitrogens with zero attached hydrogens (tertiary/aromatic N) is 3. The van der Waals surface area contributed by atoms with Gasteiger partial charge in [-0.15, -0.1) is 0 Å². The van der Waals surface area contributed by atoms with Crippen LogP contribution in [0.2, 0.25) is 0 Å². The molecule has 124 valence electrons. The molecule has 0 unspecified atom stereocenters. The normalized spacial score (nSPS) is 20.2. The highest BCUT2D eigenvalue weighted by Gasteiger charge is 2.43. The summed E-state index contributed by atoms with van der Waals surface area (Å²) in [6, 6.07) is 2.06. The van der Waals surface area contributed by atoms with E-state index in [0.29, 0.717) is 12.8 Å². The third kappa shape index (κ3) is 2.58. The van der Waals surface area contributed by atoms with Gasteiger partial charge in [0.15, 0.2) is 11.6 Å². The van der Waals surface area contributed by atoms with Gasteiger partial charge >= 0.3 is 0 Å². The minimum Gasteiger partial charge on any atom is -0.494 e. The smallest absolute Gasteiger partial charge is 0.220 e. The molecule has 8 heteroatoms. The minimum atomic E-state index is -0.780. The predicted octanol–water partition coefficient (Wildman–Crippen LogP) is 2.08. The minimum absolute atomic E-state index is 0.0481. The Kier molecular flexibility index (Phi) is 3.83. The van der Waals surface area contributed by atoms with Gasteiger partial charge in [-0.05, 0) is 25.7 Å². The predicted molar refractivity (Wildman–Crippen MR) is 84.4 cm³/mol. The monoisotopic (exact) mass is 323 g/mol. The van der Waals surface area contributed by atoms with Crippen LogP contribution in [-0.4, -0.2) is 24.7 Å². The number of hydrogen-bond donors (Lipinski definition) is 2. The number of guanidine groups is 2. The molecule has 0 aromatic heterocycles. The molecule has 3 rings (SSSR count). The quantitative estimate of drug-likeness (QED) is 0.872. The summed E-state index contributed by atoms with van der Waals surface area (Å²) in [6.07, 6.45) is 4.24. The van der Waals surface area contributed by atoms with Crippen LogP contribution in [0.4, 0.5) is 14.5 Å². The van der Waals surface area contributed by atoms with Gasteiger partial charge in [-0.2, -0.15) is 4.99 Å². The van der Waals surface area contributed by atoms with Crippen molar-refractivity contribution in [3.8, 4) is 5.75 Å². The Labute approximate surface area is 132 Å². The summed E-state index contributed by atoms with van der Waals surface area (Å²) in [5.74, 6) is -1.46. The van der Waals surface area contributed by atoms with Gasteiger partial charge in [-0.1, -0.05) is 6.42 Å². The van der Waals surface area contributed by atoms with E-state index in [1.807, 2.05) is 0 Å². The number of methoxy groups -OCH3 is 1. The molecule has 1 fully saturated rings. The van der Waals surface area contributed by atoms with Crippen molar-refractivity contribution in [2.24, 2.45) is 21.5 Å². The molecule has 1 spiro atoms. The Hall–Kier alpha value is -2.38. The van der Waals surface area contributed by atoms with E-state index < -0.39 is 17.3 Å².